The molecule has 0 fully saturated rings. The number of para-hydroxylation sites is 2. The largest absolute Gasteiger partial charge is 0.449 e. The maximum absolute atomic E-state index is 12.4. The van der Waals surface area contributed by atoms with Gasteiger partial charge < -0.3 is 9.47 Å². The number of thioether (sulfide) groups is 1. The molecule has 2 aliphatic rings. The van der Waals surface area contributed by atoms with E-state index in [2.05, 4.69) is 6.92 Å². The van der Waals surface area contributed by atoms with E-state index in [1.54, 1.807) is 0 Å². The maximum atomic E-state index is 12.4. The Bertz CT molecular complexity index is 842. The lowest BCUT2D eigenvalue weighted by Crippen LogP contribution is -2.09. The molecular weight excluding hydrogens is 332 g/mol. The van der Waals surface area contributed by atoms with Gasteiger partial charge in [0.05, 0.1) is 0 Å². The molecule has 0 spiro atoms. The summed E-state index contributed by atoms with van der Waals surface area (Å²) in [6, 6.07) is 7.72. The number of hydrogen-bond donors (Lipinski definition) is 0. The molecule has 4 rings (SSSR count). The molecule has 2 aromatic carbocycles. The normalized spacial score (nSPS) is 14.4. The first-order chi connectivity index (χ1) is 12.2. The molecule has 0 radical (unpaired) electrons. The number of carbonyl (C=O) groups is 1. The van der Waals surface area contributed by atoms with Gasteiger partial charge in [-0.05, 0) is 37.5 Å². The fourth-order valence-electron chi connectivity index (χ4n) is 3.64. The molecule has 2 aromatic rings. The highest BCUT2D eigenvalue weighted by Crippen LogP contribution is 2.53. The van der Waals surface area contributed by atoms with Gasteiger partial charge in [-0.15, -0.1) is 0 Å². The van der Waals surface area contributed by atoms with E-state index in [1.165, 1.54) is 36.6 Å². The van der Waals surface area contributed by atoms with E-state index in [-0.39, 0.29) is 5.12 Å². The van der Waals surface area contributed by atoms with Crippen LogP contribution in [0.4, 0.5) is 0 Å². The van der Waals surface area contributed by atoms with E-state index in [4.69, 9.17) is 9.47 Å². The Balaban J connectivity index is 1.79. The van der Waals surface area contributed by atoms with Crippen molar-refractivity contribution >= 4 is 16.9 Å². The SMILES string of the molecule is CCCCCCc1c2c(c(C)c3c1Oc1ccccc1O3)C(=O)SC2. The van der Waals surface area contributed by atoms with Gasteiger partial charge in [-0.3, -0.25) is 4.79 Å². The van der Waals surface area contributed by atoms with Gasteiger partial charge >= 0.3 is 0 Å². The van der Waals surface area contributed by atoms with E-state index in [1.807, 2.05) is 31.2 Å². The molecule has 3 nitrogen and oxygen atoms in total. The molecule has 0 N–H and O–H groups in total. The molecule has 0 amide bonds. The highest BCUT2D eigenvalue weighted by atomic mass is 32.2. The van der Waals surface area contributed by atoms with Crippen LogP contribution in [0.2, 0.25) is 0 Å². The van der Waals surface area contributed by atoms with Crippen LogP contribution in [0.1, 0.15) is 59.7 Å². The Morgan fingerprint density at radius 3 is 2.48 bits per heavy atom. The molecule has 0 aliphatic carbocycles. The van der Waals surface area contributed by atoms with E-state index in [9.17, 15) is 4.79 Å². The molecule has 0 saturated carbocycles. The zero-order valence-electron chi connectivity index (χ0n) is 14.7. The zero-order valence-corrected chi connectivity index (χ0v) is 15.5. The Morgan fingerprint density at radius 2 is 1.76 bits per heavy atom. The van der Waals surface area contributed by atoms with Gasteiger partial charge in [0.25, 0.3) is 0 Å². The summed E-state index contributed by atoms with van der Waals surface area (Å²) in [5.74, 6) is 3.76. The fraction of sp³-hybridized carbons (Fsp3) is 0.381. The van der Waals surface area contributed by atoms with Gasteiger partial charge in [-0.25, -0.2) is 0 Å². The molecule has 2 heterocycles. The van der Waals surface area contributed by atoms with Crippen LogP contribution in [-0.2, 0) is 12.2 Å². The van der Waals surface area contributed by atoms with E-state index >= 15 is 0 Å². The molecule has 0 bridgehead atoms. The molecule has 4 heteroatoms. The summed E-state index contributed by atoms with van der Waals surface area (Å²) in [6.07, 6.45) is 5.70. The predicted octanol–water partition coefficient (Wildman–Crippen LogP) is 6.40. The van der Waals surface area contributed by atoms with E-state index in [0.717, 1.165) is 52.5 Å². The highest BCUT2D eigenvalue weighted by molar-refractivity contribution is 8.13. The Morgan fingerprint density at radius 1 is 1.04 bits per heavy atom. The van der Waals surface area contributed by atoms with Gasteiger partial charge in [0.2, 0.25) is 5.12 Å². The van der Waals surface area contributed by atoms with Crippen molar-refractivity contribution in [2.24, 2.45) is 0 Å². The summed E-state index contributed by atoms with van der Waals surface area (Å²) in [7, 11) is 0. The molecule has 25 heavy (non-hydrogen) atoms. The van der Waals surface area contributed by atoms with Crippen LogP contribution in [0.15, 0.2) is 24.3 Å². The second kappa shape index (κ2) is 6.75. The zero-order chi connectivity index (χ0) is 17.4. The molecule has 0 unspecified atom stereocenters. The summed E-state index contributed by atoms with van der Waals surface area (Å²) in [5.41, 5.74) is 4.08. The van der Waals surface area contributed by atoms with E-state index in [0.29, 0.717) is 5.75 Å². The van der Waals surface area contributed by atoms with Gasteiger partial charge in [0.1, 0.15) is 0 Å². The van der Waals surface area contributed by atoms with Crippen LogP contribution in [0.25, 0.3) is 0 Å². The lowest BCUT2D eigenvalue weighted by atomic mass is 9.92. The molecule has 0 saturated heterocycles. The summed E-state index contributed by atoms with van der Waals surface area (Å²) in [5, 5.41) is 0.160. The smallest absolute Gasteiger partial charge is 0.220 e. The summed E-state index contributed by atoms with van der Waals surface area (Å²) < 4.78 is 12.4. The number of unbranched alkanes of at least 4 members (excludes halogenated alkanes) is 3. The van der Waals surface area contributed by atoms with Crippen LogP contribution in [0.3, 0.4) is 0 Å². The monoisotopic (exact) mass is 354 g/mol. The lowest BCUT2D eigenvalue weighted by Gasteiger charge is -2.26. The second-order valence-electron chi connectivity index (χ2n) is 6.65. The quantitative estimate of drug-likeness (QED) is 0.496. The predicted molar refractivity (Wildman–Crippen MR) is 101 cm³/mol. The minimum Gasteiger partial charge on any atom is -0.449 e. The first kappa shape index (κ1) is 16.5. The number of hydrogen-bond acceptors (Lipinski definition) is 4. The fourth-order valence-corrected chi connectivity index (χ4v) is 4.66. The third-order valence-electron chi connectivity index (χ3n) is 4.97. The van der Waals surface area contributed by atoms with Crippen molar-refractivity contribution < 1.29 is 14.3 Å². The van der Waals surface area contributed by atoms with Gasteiger partial charge in [-0.1, -0.05) is 50.1 Å². The Labute approximate surface area is 152 Å². The van der Waals surface area contributed by atoms with Crippen molar-refractivity contribution in [2.45, 2.75) is 51.7 Å². The van der Waals surface area contributed by atoms with Crippen molar-refractivity contribution in [1.29, 1.82) is 0 Å². The van der Waals surface area contributed by atoms with Crippen LogP contribution in [0.5, 0.6) is 23.0 Å². The maximum Gasteiger partial charge on any atom is 0.220 e. The summed E-state index contributed by atoms with van der Waals surface area (Å²) in [4.78, 5) is 12.4. The molecular formula is C21H22O3S. The minimum absolute atomic E-state index is 0.160. The molecule has 2 aliphatic heterocycles. The highest BCUT2D eigenvalue weighted by Gasteiger charge is 2.34. The average Bonchev–Trinajstić information content (AvgIpc) is 3.01. The number of rotatable bonds is 5. The number of ether oxygens (including phenoxy) is 2. The van der Waals surface area contributed by atoms with Crippen LogP contribution >= 0.6 is 11.8 Å². The topological polar surface area (TPSA) is 35.5 Å². The van der Waals surface area contributed by atoms with Crippen molar-refractivity contribution in [1.82, 2.24) is 0 Å². The minimum atomic E-state index is 0.160. The standard InChI is InChI=1S/C21H22O3S/c1-3-4-5-6-9-14-15-12-25-21(22)18(15)13(2)19-20(14)24-17-11-8-7-10-16(17)23-19/h7-8,10-11H,3-6,9,12H2,1-2H3. The van der Waals surface area contributed by atoms with Gasteiger partial charge in [-0.2, -0.15) is 0 Å². The van der Waals surface area contributed by atoms with Gasteiger partial charge in [0.15, 0.2) is 23.0 Å². The van der Waals surface area contributed by atoms with Crippen molar-refractivity contribution in [2.75, 3.05) is 0 Å². The Hall–Kier alpha value is -1.94. The molecule has 0 aromatic heterocycles. The van der Waals surface area contributed by atoms with Crippen LogP contribution < -0.4 is 9.47 Å². The first-order valence-corrected chi connectivity index (χ1v) is 9.99. The van der Waals surface area contributed by atoms with Crippen LogP contribution in [0, 0.1) is 6.92 Å². The third kappa shape index (κ3) is 2.82. The third-order valence-corrected chi connectivity index (χ3v) is 5.87. The molecule has 0 atom stereocenters. The van der Waals surface area contributed by atoms with Crippen molar-refractivity contribution in [3.8, 4) is 23.0 Å². The number of benzene rings is 2. The lowest BCUT2D eigenvalue weighted by molar-refractivity contribution is 0.109. The van der Waals surface area contributed by atoms with Crippen molar-refractivity contribution in [3.05, 3.63) is 46.5 Å². The summed E-state index contributed by atoms with van der Waals surface area (Å²) in [6.45, 7) is 4.19. The number of fused-ring (bicyclic) bond motifs is 3. The first-order valence-electron chi connectivity index (χ1n) is 9.00. The average molecular weight is 354 g/mol. The van der Waals surface area contributed by atoms with E-state index < -0.39 is 0 Å². The van der Waals surface area contributed by atoms with Gasteiger partial charge in [0, 0.05) is 22.4 Å². The molecule has 130 valence electrons. The number of carbonyl (C=O) groups excluding carboxylic acids is 1. The second-order valence-corrected chi connectivity index (χ2v) is 7.60. The van der Waals surface area contributed by atoms with Crippen molar-refractivity contribution in [3.63, 3.8) is 0 Å². The summed E-state index contributed by atoms with van der Waals surface area (Å²) >= 11 is 1.39. The Kier molecular flexibility index (Phi) is 4.46. The van der Waals surface area contributed by atoms with Crippen LogP contribution in [-0.4, -0.2) is 5.12 Å².